The number of nitrogens with one attached hydrogen (secondary N) is 1. The van der Waals surface area contributed by atoms with Crippen molar-refractivity contribution in [1.82, 2.24) is 0 Å². The second kappa shape index (κ2) is 6.48. The van der Waals surface area contributed by atoms with Gasteiger partial charge in [0.05, 0.1) is 12.2 Å². The highest BCUT2D eigenvalue weighted by atomic mass is 16.5. The fourth-order valence-corrected chi connectivity index (χ4v) is 2.64. The molecule has 1 aromatic rings. The van der Waals surface area contributed by atoms with Crippen LogP contribution in [0.4, 0.5) is 5.69 Å². The van der Waals surface area contributed by atoms with E-state index < -0.39 is 0 Å². The fourth-order valence-electron chi connectivity index (χ4n) is 2.64. The van der Waals surface area contributed by atoms with Crippen molar-refractivity contribution in [2.75, 3.05) is 5.32 Å². The molecular weight excluding hydrogens is 266 g/mol. The number of amides is 1. The van der Waals surface area contributed by atoms with Gasteiger partial charge in [0.25, 0.3) is 0 Å². The molecule has 2 N–H and O–H groups in total. The molecule has 0 radical (unpaired) electrons. The Labute approximate surface area is 126 Å². The van der Waals surface area contributed by atoms with Crippen molar-refractivity contribution in [2.45, 2.75) is 58.7 Å². The molecule has 0 saturated heterocycles. The minimum atomic E-state index is -0.383. The van der Waals surface area contributed by atoms with Crippen LogP contribution in [0.15, 0.2) is 24.3 Å². The lowest BCUT2D eigenvalue weighted by Gasteiger charge is -2.34. The minimum absolute atomic E-state index is 0.0342. The molecule has 0 heterocycles. The molecule has 4 heteroatoms. The molecule has 0 unspecified atom stereocenters. The first-order valence-corrected chi connectivity index (χ1v) is 7.65. The van der Waals surface area contributed by atoms with Crippen LogP contribution in [0.2, 0.25) is 0 Å². The number of carbonyl (C=O) groups is 1. The first-order chi connectivity index (χ1) is 9.89. The van der Waals surface area contributed by atoms with Gasteiger partial charge in [-0.05, 0) is 63.8 Å². The molecule has 0 spiro atoms. The Kier molecular flexibility index (Phi) is 4.88. The number of anilines is 1. The fraction of sp³-hybridized carbons (Fsp3) is 0.588. The van der Waals surface area contributed by atoms with Crippen LogP contribution >= 0.6 is 0 Å². The number of ether oxygens (including phenoxy) is 1. The summed E-state index contributed by atoms with van der Waals surface area (Å²) in [5.41, 5.74) is 0.398. The van der Waals surface area contributed by atoms with Crippen LogP contribution in [-0.2, 0) is 4.79 Å². The van der Waals surface area contributed by atoms with Gasteiger partial charge in [0.1, 0.15) is 5.75 Å². The van der Waals surface area contributed by atoms with E-state index in [0.29, 0.717) is 12.8 Å². The van der Waals surface area contributed by atoms with E-state index in [1.807, 2.05) is 45.0 Å². The smallest absolute Gasteiger partial charge is 0.230 e. The number of hydrogen-bond donors (Lipinski definition) is 2. The van der Waals surface area contributed by atoms with Gasteiger partial charge in [0, 0.05) is 11.1 Å². The SMILES string of the molecule is CC(C)Oc1ccc(NC(=O)C2(C)CCC(O)CC2)cc1. The Balaban J connectivity index is 1.96. The first kappa shape index (κ1) is 15.8. The number of rotatable bonds is 4. The summed E-state index contributed by atoms with van der Waals surface area (Å²) >= 11 is 0. The Morgan fingerprint density at radius 1 is 1.29 bits per heavy atom. The van der Waals surface area contributed by atoms with E-state index in [1.165, 1.54) is 0 Å². The third kappa shape index (κ3) is 4.21. The number of aliphatic hydroxyl groups excluding tert-OH is 1. The van der Waals surface area contributed by atoms with Crippen LogP contribution in [0.5, 0.6) is 5.75 Å². The van der Waals surface area contributed by atoms with Crippen molar-refractivity contribution < 1.29 is 14.6 Å². The molecule has 116 valence electrons. The third-order valence-electron chi connectivity index (χ3n) is 4.09. The monoisotopic (exact) mass is 291 g/mol. The normalized spacial score (nSPS) is 25.7. The highest BCUT2D eigenvalue weighted by molar-refractivity contribution is 5.95. The quantitative estimate of drug-likeness (QED) is 0.894. The largest absolute Gasteiger partial charge is 0.491 e. The van der Waals surface area contributed by atoms with Crippen molar-refractivity contribution >= 4 is 11.6 Å². The van der Waals surface area contributed by atoms with E-state index in [2.05, 4.69) is 5.32 Å². The number of aliphatic hydroxyl groups is 1. The van der Waals surface area contributed by atoms with Crippen molar-refractivity contribution in [2.24, 2.45) is 5.41 Å². The van der Waals surface area contributed by atoms with E-state index in [0.717, 1.165) is 24.3 Å². The summed E-state index contributed by atoms with van der Waals surface area (Å²) in [7, 11) is 0. The molecule has 1 saturated carbocycles. The molecule has 0 atom stereocenters. The van der Waals surface area contributed by atoms with Gasteiger partial charge in [-0.1, -0.05) is 6.92 Å². The number of carbonyl (C=O) groups excluding carboxylic acids is 1. The molecule has 1 amide bonds. The Morgan fingerprint density at radius 3 is 2.38 bits per heavy atom. The average molecular weight is 291 g/mol. The molecule has 1 fully saturated rings. The van der Waals surface area contributed by atoms with Gasteiger partial charge in [0.2, 0.25) is 5.91 Å². The van der Waals surface area contributed by atoms with E-state index in [-0.39, 0.29) is 23.5 Å². The average Bonchev–Trinajstić information content (AvgIpc) is 2.44. The Morgan fingerprint density at radius 2 is 1.86 bits per heavy atom. The Hall–Kier alpha value is -1.55. The van der Waals surface area contributed by atoms with Crippen LogP contribution in [-0.4, -0.2) is 23.2 Å². The summed E-state index contributed by atoms with van der Waals surface area (Å²) in [6.07, 6.45) is 2.75. The standard InChI is InChI=1S/C17H25NO3/c1-12(2)21-15-6-4-13(5-7-15)18-16(20)17(3)10-8-14(19)9-11-17/h4-7,12,14,19H,8-11H2,1-3H3,(H,18,20). The lowest BCUT2D eigenvalue weighted by Crippen LogP contribution is -2.38. The van der Waals surface area contributed by atoms with Gasteiger partial charge >= 0.3 is 0 Å². The zero-order valence-electron chi connectivity index (χ0n) is 13.1. The third-order valence-corrected chi connectivity index (χ3v) is 4.09. The molecule has 1 aliphatic rings. The van der Waals surface area contributed by atoms with Crippen LogP contribution in [0.25, 0.3) is 0 Å². The Bertz CT molecular complexity index is 473. The lowest BCUT2D eigenvalue weighted by molar-refractivity contribution is -0.127. The first-order valence-electron chi connectivity index (χ1n) is 7.65. The molecule has 2 rings (SSSR count). The van der Waals surface area contributed by atoms with Gasteiger partial charge < -0.3 is 15.2 Å². The second-order valence-electron chi connectivity index (χ2n) is 6.44. The maximum Gasteiger partial charge on any atom is 0.230 e. The van der Waals surface area contributed by atoms with E-state index in [4.69, 9.17) is 4.74 Å². The second-order valence-corrected chi connectivity index (χ2v) is 6.44. The summed E-state index contributed by atoms with van der Waals surface area (Å²) in [6, 6.07) is 7.44. The predicted octanol–water partition coefficient (Wildman–Crippen LogP) is 3.35. The molecule has 1 aromatic carbocycles. The lowest BCUT2D eigenvalue weighted by atomic mass is 9.74. The van der Waals surface area contributed by atoms with Gasteiger partial charge in [0.15, 0.2) is 0 Å². The summed E-state index contributed by atoms with van der Waals surface area (Å²) in [5.74, 6) is 0.835. The van der Waals surface area contributed by atoms with Gasteiger partial charge in [-0.25, -0.2) is 0 Å². The molecule has 1 aliphatic carbocycles. The van der Waals surface area contributed by atoms with Crippen LogP contribution in [0.3, 0.4) is 0 Å². The number of benzene rings is 1. The van der Waals surface area contributed by atoms with Gasteiger partial charge in [-0.15, -0.1) is 0 Å². The van der Waals surface area contributed by atoms with Crippen LogP contribution in [0, 0.1) is 5.41 Å². The maximum atomic E-state index is 12.4. The summed E-state index contributed by atoms with van der Waals surface area (Å²) in [5, 5.41) is 12.5. The molecule has 4 nitrogen and oxygen atoms in total. The molecule has 0 bridgehead atoms. The molecule has 0 aliphatic heterocycles. The molecular formula is C17H25NO3. The van der Waals surface area contributed by atoms with Crippen molar-refractivity contribution in [1.29, 1.82) is 0 Å². The number of hydrogen-bond acceptors (Lipinski definition) is 3. The van der Waals surface area contributed by atoms with Crippen molar-refractivity contribution in [3.8, 4) is 5.75 Å². The van der Waals surface area contributed by atoms with Crippen molar-refractivity contribution in [3.05, 3.63) is 24.3 Å². The highest BCUT2D eigenvalue weighted by Crippen LogP contribution is 2.37. The molecule has 21 heavy (non-hydrogen) atoms. The van der Waals surface area contributed by atoms with E-state index >= 15 is 0 Å². The minimum Gasteiger partial charge on any atom is -0.491 e. The van der Waals surface area contributed by atoms with E-state index in [9.17, 15) is 9.90 Å². The van der Waals surface area contributed by atoms with E-state index in [1.54, 1.807) is 0 Å². The summed E-state index contributed by atoms with van der Waals surface area (Å²) in [4.78, 5) is 12.4. The van der Waals surface area contributed by atoms with Crippen LogP contribution < -0.4 is 10.1 Å². The maximum absolute atomic E-state index is 12.4. The predicted molar refractivity (Wildman–Crippen MR) is 83.4 cm³/mol. The zero-order chi connectivity index (χ0) is 15.5. The van der Waals surface area contributed by atoms with Gasteiger partial charge in [-0.3, -0.25) is 4.79 Å². The van der Waals surface area contributed by atoms with Crippen molar-refractivity contribution in [3.63, 3.8) is 0 Å². The molecule has 0 aromatic heterocycles. The zero-order valence-corrected chi connectivity index (χ0v) is 13.1. The van der Waals surface area contributed by atoms with Crippen LogP contribution in [0.1, 0.15) is 46.5 Å². The summed E-state index contributed by atoms with van der Waals surface area (Å²) in [6.45, 7) is 5.94. The highest BCUT2D eigenvalue weighted by Gasteiger charge is 2.37. The van der Waals surface area contributed by atoms with Gasteiger partial charge in [-0.2, -0.15) is 0 Å². The summed E-state index contributed by atoms with van der Waals surface area (Å²) < 4.78 is 5.58. The topological polar surface area (TPSA) is 58.6 Å².